The monoisotopic (exact) mass is 407 g/mol. The lowest BCUT2D eigenvalue weighted by molar-refractivity contribution is -0.0940. The van der Waals surface area contributed by atoms with E-state index in [0.717, 1.165) is 17.1 Å². The van der Waals surface area contributed by atoms with Crippen LogP contribution in [-0.4, -0.2) is 49.8 Å². The number of carbonyl (C=O) groups excluding carboxylic acids is 1. The van der Waals surface area contributed by atoms with Gasteiger partial charge in [-0.15, -0.1) is 0 Å². The molecule has 27 heavy (non-hydrogen) atoms. The lowest BCUT2D eigenvalue weighted by Gasteiger charge is -2.28. The van der Waals surface area contributed by atoms with Gasteiger partial charge in [-0.1, -0.05) is 11.2 Å². The first-order valence-corrected chi connectivity index (χ1v) is 10.1. The van der Waals surface area contributed by atoms with E-state index in [9.17, 15) is 26.4 Å². The summed E-state index contributed by atoms with van der Waals surface area (Å²) in [6, 6.07) is 0.142. The molecule has 150 valence electrons. The van der Waals surface area contributed by atoms with Crippen LogP contribution < -0.4 is 5.32 Å². The molecule has 1 saturated heterocycles. The molecule has 1 N–H and O–H groups in total. The van der Waals surface area contributed by atoms with Gasteiger partial charge in [0.15, 0.2) is 0 Å². The average molecular weight is 407 g/mol. The Morgan fingerprint density at radius 3 is 2.48 bits per heavy atom. The molecule has 1 aliphatic heterocycles. The second-order valence-corrected chi connectivity index (χ2v) is 8.61. The number of halogens is 3. The maximum atomic E-state index is 12.9. The van der Waals surface area contributed by atoms with Gasteiger partial charge in [0.05, 0.1) is 10.6 Å². The molecule has 1 saturated carbocycles. The van der Waals surface area contributed by atoms with Gasteiger partial charge in [0, 0.05) is 37.5 Å². The van der Waals surface area contributed by atoms with Crippen LogP contribution in [0.1, 0.15) is 38.5 Å². The Hall–Kier alpha value is -1.88. The number of allylic oxidation sites excluding steroid dienone is 3. The summed E-state index contributed by atoms with van der Waals surface area (Å²) >= 11 is 0. The Morgan fingerprint density at radius 2 is 1.89 bits per heavy atom. The normalized spacial score (nSPS) is 22.0. The molecule has 0 aromatic heterocycles. The molecule has 0 atom stereocenters. The fourth-order valence-corrected chi connectivity index (χ4v) is 4.41. The number of oxime groups is 1. The minimum Gasteiger partial charge on any atom is -0.317 e. The number of nitrogens with one attached hydrogen (secondary N) is 1. The lowest BCUT2D eigenvalue weighted by Crippen LogP contribution is -2.39. The highest BCUT2D eigenvalue weighted by atomic mass is 32.2. The molecule has 1 heterocycles. The Bertz CT molecular complexity index is 788. The van der Waals surface area contributed by atoms with Crippen LogP contribution in [0.5, 0.6) is 0 Å². The molecule has 3 rings (SSSR count). The Morgan fingerprint density at radius 1 is 1.22 bits per heavy atom. The molecule has 2 aliphatic carbocycles. The number of hydrogen-bond donors (Lipinski definition) is 1. The molecule has 1 amide bonds. The summed E-state index contributed by atoms with van der Waals surface area (Å²) in [5, 5.41) is 6.35. The number of rotatable bonds is 4. The molecule has 3 aliphatic rings. The molecule has 7 nitrogen and oxygen atoms in total. The number of nitrogens with zero attached hydrogens (tertiary/aromatic N) is 2. The first-order chi connectivity index (χ1) is 12.7. The summed E-state index contributed by atoms with van der Waals surface area (Å²) in [5.41, 5.74) is -0.297. The SMILES string of the molecule is O=C(NC1CC1)ON=C1CCN(S(=O)(=O)C2=CCCC(C(F)(F)F)=C2)CC1. The highest BCUT2D eigenvalue weighted by molar-refractivity contribution is 7.93. The van der Waals surface area contributed by atoms with Crippen LogP contribution in [0.15, 0.2) is 27.8 Å². The second kappa shape index (κ2) is 7.63. The average Bonchev–Trinajstić information content (AvgIpc) is 3.44. The molecule has 0 aromatic carbocycles. The molecular formula is C16H20F3N3O4S. The van der Waals surface area contributed by atoms with E-state index in [1.165, 1.54) is 6.08 Å². The highest BCUT2D eigenvalue weighted by Gasteiger charge is 2.37. The minimum absolute atomic E-state index is 0.0321. The van der Waals surface area contributed by atoms with Crippen LogP contribution >= 0.6 is 0 Å². The molecule has 11 heteroatoms. The van der Waals surface area contributed by atoms with E-state index in [4.69, 9.17) is 4.84 Å². The van der Waals surface area contributed by atoms with Crippen molar-refractivity contribution in [2.45, 2.75) is 50.7 Å². The van der Waals surface area contributed by atoms with Gasteiger partial charge >= 0.3 is 12.3 Å². The Balaban J connectivity index is 1.58. The number of sulfonamides is 1. The fourth-order valence-electron chi connectivity index (χ4n) is 2.83. The molecular weight excluding hydrogens is 387 g/mol. The summed E-state index contributed by atoms with van der Waals surface area (Å²) in [5.74, 6) is 0. The second-order valence-electron chi connectivity index (χ2n) is 6.67. The van der Waals surface area contributed by atoms with Crippen molar-refractivity contribution in [3.63, 3.8) is 0 Å². The van der Waals surface area contributed by atoms with E-state index >= 15 is 0 Å². The molecule has 0 radical (unpaired) electrons. The quantitative estimate of drug-likeness (QED) is 0.573. The first kappa shape index (κ1) is 19.9. The van der Waals surface area contributed by atoms with E-state index in [1.807, 2.05) is 0 Å². The smallest absolute Gasteiger partial charge is 0.317 e. The minimum atomic E-state index is -4.53. The Labute approximate surface area is 155 Å². The number of carbonyl (C=O) groups is 1. The van der Waals surface area contributed by atoms with Gasteiger partial charge in [-0.3, -0.25) is 4.84 Å². The molecule has 0 unspecified atom stereocenters. The zero-order valence-corrected chi connectivity index (χ0v) is 15.3. The predicted octanol–water partition coefficient (Wildman–Crippen LogP) is 2.82. The maximum absolute atomic E-state index is 12.9. The van der Waals surface area contributed by atoms with Crippen LogP contribution in [0.3, 0.4) is 0 Å². The third-order valence-electron chi connectivity index (χ3n) is 4.53. The molecule has 0 aromatic rings. The highest BCUT2D eigenvalue weighted by Crippen LogP contribution is 2.35. The third kappa shape index (κ3) is 5.10. The van der Waals surface area contributed by atoms with Crippen LogP contribution in [0.2, 0.25) is 0 Å². The predicted molar refractivity (Wildman–Crippen MR) is 91.3 cm³/mol. The van der Waals surface area contributed by atoms with Crippen molar-refractivity contribution in [3.05, 3.63) is 22.6 Å². The Kier molecular flexibility index (Phi) is 5.61. The van der Waals surface area contributed by atoms with Crippen LogP contribution in [0.25, 0.3) is 0 Å². The number of amides is 1. The zero-order chi connectivity index (χ0) is 19.7. The first-order valence-electron chi connectivity index (χ1n) is 8.67. The summed E-state index contributed by atoms with van der Waals surface area (Å²) < 4.78 is 65.0. The molecule has 0 bridgehead atoms. The number of alkyl halides is 3. The van der Waals surface area contributed by atoms with Crippen LogP contribution in [0, 0.1) is 0 Å². The summed E-state index contributed by atoms with van der Waals surface area (Å²) in [7, 11) is -4.00. The van der Waals surface area contributed by atoms with Gasteiger partial charge in [-0.05, 0) is 31.8 Å². The van der Waals surface area contributed by atoms with Crippen molar-refractivity contribution in [1.29, 1.82) is 0 Å². The van der Waals surface area contributed by atoms with Crippen molar-refractivity contribution in [1.82, 2.24) is 9.62 Å². The number of piperidine rings is 1. The van der Waals surface area contributed by atoms with Gasteiger partial charge < -0.3 is 5.32 Å². The largest absolute Gasteiger partial charge is 0.433 e. The van der Waals surface area contributed by atoms with Crippen LogP contribution in [0.4, 0.5) is 18.0 Å². The van der Waals surface area contributed by atoms with E-state index in [-0.39, 0.29) is 49.7 Å². The summed E-state index contributed by atoms with van der Waals surface area (Å²) in [4.78, 5) is 15.9. The van der Waals surface area contributed by atoms with Gasteiger partial charge in [0.25, 0.3) is 0 Å². The maximum Gasteiger partial charge on any atom is 0.433 e. The summed E-state index contributed by atoms with van der Waals surface area (Å²) in [6.45, 7) is 0.141. The van der Waals surface area contributed by atoms with Crippen molar-refractivity contribution in [2.75, 3.05) is 13.1 Å². The third-order valence-corrected chi connectivity index (χ3v) is 6.46. The van der Waals surface area contributed by atoms with E-state index in [2.05, 4.69) is 10.5 Å². The van der Waals surface area contributed by atoms with E-state index < -0.39 is 27.9 Å². The topological polar surface area (TPSA) is 88.1 Å². The van der Waals surface area contributed by atoms with Crippen molar-refractivity contribution in [2.24, 2.45) is 5.16 Å². The van der Waals surface area contributed by atoms with Crippen molar-refractivity contribution < 1.29 is 31.2 Å². The fraction of sp³-hybridized carbons (Fsp3) is 0.625. The van der Waals surface area contributed by atoms with Gasteiger partial charge in [-0.25, -0.2) is 13.2 Å². The molecule has 2 fully saturated rings. The van der Waals surface area contributed by atoms with Gasteiger partial charge in [0.2, 0.25) is 10.0 Å². The van der Waals surface area contributed by atoms with E-state index in [0.29, 0.717) is 11.8 Å². The van der Waals surface area contributed by atoms with Gasteiger partial charge in [-0.2, -0.15) is 17.5 Å². The van der Waals surface area contributed by atoms with Crippen LogP contribution in [-0.2, 0) is 14.9 Å². The van der Waals surface area contributed by atoms with E-state index in [1.54, 1.807) is 0 Å². The van der Waals surface area contributed by atoms with Gasteiger partial charge in [0.1, 0.15) is 0 Å². The number of hydrogen-bond acceptors (Lipinski definition) is 5. The lowest BCUT2D eigenvalue weighted by atomic mass is 10.1. The standard InChI is InChI=1S/C16H20F3N3O4S/c17-16(18,19)11-2-1-3-14(10-11)27(24,25)22-8-6-13(7-9-22)21-26-15(23)20-12-4-5-12/h3,10,12H,1-2,4-9H2,(H,20,23). The van der Waals surface area contributed by atoms with Crippen molar-refractivity contribution in [3.8, 4) is 0 Å². The summed E-state index contributed by atoms with van der Waals surface area (Å²) in [6.07, 6.45) is -1.00. The van der Waals surface area contributed by atoms with Crippen molar-refractivity contribution >= 4 is 21.8 Å². The zero-order valence-electron chi connectivity index (χ0n) is 14.5. The molecule has 0 spiro atoms.